The zero-order valence-electron chi connectivity index (χ0n) is 22.3. The summed E-state index contributed by atoms with van der Waals surface area (Å²) in [6.07, 6.45) is 0. The van der Waals surface area contributed by atoms with E-state index in [1.807, 2.05) is 65.6 Å². The fourth-order valence-electron chi connectivity index (χ4n) is 4.50. The predicted molar refractivity (Wildman–Crippen MR) is 167 cm³/mol. The lowest BCUT2D eigenvalue weighted by Gasteiger charge is -2.36. The maximum absolute atomic E-state index is 12.8. The Morgan fingerprint density at radius 3 is 2.22 bits per heavy atom. The molecule has 4 aromatic rings. The average Bonchev–Trinajstić information content (AvgIpc) is 3.01. The number of hydrogen-bond donors (Lipinski definition) is 2. The molecule has 0 saturated carbocycles. The van der Waals surface area contributed by atoms with Gasteiger partial charge in [-0.25, -0.2) is 0 Å². The first-order chi connectivity index (χ1) is 19.9. The molecule has 1 heterocycles. The third-order valence-corrected chi connectivity index (χ3v) is 7.18. The largest absolute Gasteiger partial charge is 0.489 e. The normalized spacial score (nSPS) is 12.9. The van der Waals surface area contributed by atoms with Crippen LogP contribution in [0.4, 0.5) is 11.4 Å². The van der Waals surface area contributed by atoms with Crippen molar-refractivity contribution in [2.45, 2.75) is 6.61 Å². The summed E-state index contributed by atoms with van der Waals surface area (Å²) in [5.74, 6) is 0.296. The maximum Gasteiger partial charge on any atom is 0.257 e. The lowest BCUT2D eigenvalue weighted by Crippen LogP contribution is -2.48. The Labute approximate surface area is 249 Å². The van der Waals surface area contributed by atoms with Crippen LogP contribution in [0, 0.1) is 0 Å². The van der Waals surface area contributed by atoms with Gasteiger partial charge in [-0.2, -0.15) is 0 Å². The van der Waals surface area contributed by atoms with Crippen LogP contribution in [0.3, 0.4) is 0 Å². The number of benzene rings is 4. The summed E-state index contributed by atoms with van der Waals surface area (Å²) in [6.45, 7) is 3.15. The number of carbonyl (C=O) groups is 2. The second kappa shape index (κ2) is 13.3. The molecule has 0 radical (unpaired) electrons. The van der Waals surface area contributed by atoms with Gasteiger partial charge in [0.05, 0.1) is 0 Å². The SMILES string of the molecule is O=C(NC(=S)Nc1ccc(N2CCN(C(=O)c3ccc(Cl)cc3)CC2)cc1)c1cccc(OCc2ccccc2)c1. The number of hydrogen-bond acceptors (Lipinski definition) is 5. The first-order valence-electron chi connectivity index (χ1n) is 13.2. The van der Waals surface area contributed by atoms with Gasteiger partial charge in [-0.3, -0.25) is 14.9 Å². The molecule has 1 saturated heterocycles. The quantitative estimate of drug-likeness (QED) is 0.259. The predicted octanol–water partition coefficient (Wildman–Crippen LogP) is 6.01. The molecule has 0 aliphatic carbocycles. The molecule has 1 fully saturated rings. The van der Waals surface area contributed by atoms with Crippen molar-refractivity contribution in [1.82, 2.24) is 10.2 Å². The van der Waals surface area contributed by atoms with E-state index in [2.05, 4.69) is 15.5 Å². The van der Waals surface area contributed by atoms with E-state index in [0.717, 1.165) is 30.0 Å². The lowest BCUT2D eigenvalue weighted by atomic mass is 10.1. The standard InChI is InChI=1S/C32H29ClN4O3S/c33-26-11-9-24(10-12-26)31(39)37-19-17-36(18-20-37)28-15-13-27(14-16-28)34-32(41)35-30(38)25-7-4-8-29(21-25)40-22-23-5-2-1-3-6-23/h1-16,21H,17-20,22H2,(H2,34,35,38,41). The highest BCUT2D eigenvalue weighted by Crippen LogP contribution is 2.21. The highest BCUT2D eigenvalue weighted by Gasteiger charge is 2.22. The van der Waals surface area contributed by atoms with Crippen molar-refractivity contribution in [2.75, 3.05) is 36.4 Å². The van der Waals surface area contributed by atoms with Crippen molar-refractivity contribution in [1.29, 1.82) is 0 Å². The zero-order chi connectivity index (χ0) is 28.6. The summed E-state index contributed by atoms with van der Waals surface area (Å²) in [7, 11) is 0. The third kappa shape index (κ3) is 7.63. The smallest absolute Gasteiger partial charge is 0.257 e. The molecule has 208 valence electrons. The first-order valence-corrected chi connectivity index (χ1v) is 14.0. The van der Waals surface area contributed by atoms with E-state index < -0.39 is 0 Å². The van der Waals surface area contributed by atoms with Crippen LogP contribution in [-0.4, -0.2) is 48.0 Å². The molecule has 5 rings (SSSR count). The molecule has 41 heavy (non-hydrogen) atoms. The van der Waals surface area contributed by atoms with E-state index in [-0.39, 0.29) is 16.9 Å². The van der Waals surface area contributed by atoms with Gasteiger partial charge in [-0.15, -0.1) is 0 Å². The summed E-state index contributed by atoms with van der Waals surface area (Å²) >= 11 is 11.3. The van der Waals surface area contributed by atoms with Gasteiger partial charge < -0.3 is 19.9 Å². The summed E-state index contributed by atoms with van der Waals surface area (Å²) in [4.78, 5) is 29.7. The number of thiocarbonyl (C=S) groups is 1. The fraction of sp³-hybridized carbons (Fsp3) is 0.156. The van der Waals surface area contributed by atoms with Crippen molar-refractivity contribution in [2.24, 2.45) is 0 Å². The van der Waals surface area contributed by atoms with Gasteiger partial charge in [0.25, 0.3) is 11.8 Å². The lowest BCUT2D eigenvalue weighted by molar-refractivity contribution is 0.0746. The van der Waals surface area contributed by atoms with E-state index in [4.69, 9.17) is 28.6 Å². The van der Waals surface area contributed by atoms with Gasteiger partial charge in [0.2, 0.25) is 0 Å². The number of anilines is 2. The Morgan fingerprint density at radius 2 is 1.51 bits per heavy atom. The minimum absolute atomic E-state index is 0.0165. The molecule has 4 aromatic carbocycles. The monoisotopic (exact) mass is 584 g/mol. The molecule has 0 spiro atoms. The van der Waals surface area contributed by atoms with Crippen molar-refractivity contribution >= 4 is 52.1 Å². The van der Waals surface area contributed by atoms with Crippen LogP contribution in [-0.2, 0) is 6.61 Å². The van der Waals surface area contributed by atoms with Crippen LogP contribution < -0.4 is 20.3 Å². The molecule has 1 aliphatic heterocycles. The molecule has 0 aromatic heterocycles. The molecule has 2 N–H and O–H groups in total. The number of amides is 2. The third-order valence-electron chi connectivity index (χ3n) is 6.72. The van der Waals surface area contributed by atoms with Gasteiger partial charge in [0, 0.05) is 53.7 Å². The van der Waals surface area contributed by atoms with Crippen LogP contribution in [0.15, 0.2) is 103 Å². The molecule has 0 unspecified atom stereocenters. The number of nitrogens with zero attached hydrogens (tertiary/aromatic N) is 2. The van der Waals surface area contributed by atoms with Crippen molar-refractivity contribution < 1.29 is 14.3 Å². The Kier molecular flexibility index (Phi) is 9.13. The van der Waals surface area contributed by atoms with E-state index in [1.54, 1.807) is 42.5 Å². The van der Waals surface area contributed by atoms with Crippen molar-refractivity contribution in [3.63, 3.8) is 0 Å². The highest BCUT2D eigenvalue weighted by molar-refractivity contribution is 7.80. The second-order valence-corrected chi connectivity index (χ2v) is 10.4. The minimum Gasteiger partial charge on any atom is -0.489 e. The Balaban J connectivity index is 1.09. The number of piperazine rings is 1. The van der Waals surface area contributed by atoms with Gasteiger partial charge in [0.15, 0.2) is 5.11 Å². The summed E-state index contributed by atoms with van der Waals surface area (Å²) in [6, 6.07) is 31.6. The molecule has 0 atom stereocenters. The molecule has 0 bridgehead atoms. The fourth-order valence-corrected chi connectivity index (χ4v) is 4.84. The van der Waals surface area contributed by atoms with Crippen LogP contribution >= 0.6 is 23.8 Å². The van der Waals surface area contributed by atoms with Crippen LogP contribution in [0.1, 0.15) is 26.3 Å². The summed E-state index contributed by atoms with van der Waals surface area (Å²) < 4.78 is 5.83. The van der Waals surface area contributed by atoms with Gasteiger partial charge in [-0.05, 0) is 84.5 Å². The van der Waals surface area contributed by atoms with E-state index in [0.29, 0.717) is 41.6 Å². The molecule has 2 amide bonds. The second-order valence-electron chi connectivity index (χ2n) is 9.54. The van der Waals surface area contributed by atoms with E-state index in [9.17, 15) is 9.59 Å². The minimum atomic E-state index is -0.324. The van der Waals surface area contributed by atoms with E-state index in [1.165, 1.54) is 0 Å². The van der Waals surface area contributed by atoms with Crippen LogP contribution in [0.5, 0.6) is 5.75 Å². The Morgan fingerprint density at radius 1 is 0.805 bits per heavy atom. The van der Waals surface area contributed by atoms with Crippen LogP contribution in [0.2, 0.25) is 5.02 Å². The summed E-state index contributed by atoms with van der Waals surface area (Å²) in [5, 5.41) is 6.61. The van der Waals surface area contributed by atoms with Gasteiger partial charge in [0.1, 0.15) is 12.4 Å². The number of rotatable bonds is 7. The van der Waals surface area contributed by atoms with Gasteiger partial charge in [-0.1, -0.05) is 48.0 Å². The highest BCUT2D eigenvalue weighted by atomic mass is 35.5. The Bertz CT molecular complexity index is 1510. The molecule has 1 aliphatic rings. The first kappa shape index (κ1) is 28.1. The molecule has 9 heteroatoms. The van der Waals surface area contributed by atoms with Crippen LogP contribution in [0.25, 0.3) is 0 Å². The topological polar surface area (TPSA) is 73.9 Å². The average molecular weight is 585 g/mol. The van der Waals surface area contributed by atoms with E-state index >= 15 is 0 Å². The number of carbonyl (C=O) groups excluding carboxylic acids is 2. The molecular weight excluding hydrogens is 556 g/mol. The van der Waals surface area contributed by atoms with Crippen molar-refractivity contribution in [3.05, 3.63) is 125 Å². The zero-order valence-corrected chi connectivity index (χ0v) is 23.8. The maximum atomic E-state index is 12.8. The van der Waals surface area contributed by atoms with Gasteiger partial charge >= 0.3 is 0 Å². The number of nitrogens with one attached hydrogen (secondary N) is 2. The molecular formula is C32H29ClN4O3S. The number of ether oxygens (including phenoxy) is 1. The summed E-state index contributed by atoms with van der Waals surface area (Å²) in [5.41, 5.74) is 3.95. The Hall–Kier alpha value is -4.40. The molecule has 7 nitrogen and oxygen atoms in total. The number of halogens is 1. The van der Waals surface area contributed by atoms with Crippen molar-refractivity contribution in [3.8, 4) is 5.75 Å².